The average Bonchev–Trinajstić information content (AvgIpc) is 3.32. The molecule has 1 aliphatic heterocycles. The van der Waals surface area contributed by atoms with E-state index in [4.69, 9.17) is 0 Å². The summed E-state index contributed by atoms with van der Waals surface area (Å²) < 4.78 is 2.02. The number of pyridine rings is 1. The summed E-state index contributed by atoms with van der Waals surface area (Å²) >= 11 is 0. The van der Waals surface area contributed by atoms with Gasteiger partial charge in [-0.15, -0.1) is 10.2 Å². The van der Waals surface area contributed by atoms with Crippen LogP contribution in [0.4, 0.5) is 0 Å². The first kappa shape index (κ1) is 20.9. The molecule has 2 amide bonds. The maximum absolute atomic E-state index is 12.7. The smallest absolute Gasteiger partial charge is 0.251 e. The molecule has 4 aromatic rings. The number of likely N-dealkylation sites (tertiary alicyclic amines) is 1. The van der Waals surface area contributed by atoms with Crippen LogP contribution in [0, 0.1) is 0 Å². The lowest BCUT2D eigenvalue weighted by Crippen LogP contribution is -2.43. The summed E-state index contributed by atoms with van der Waals surface area (Å²) in [7, 11) is 0. The van der Waals surface area contributed by atoms with E-state index in [-0.39, 0.29) is 24.3 Å². The second-order valence-corrected chi connectivity index (χ2v) is 8.27. The minimum absolute atomic E-state index is 0.00218. The lowest BCUT2D eigenvalue weighted by atomic mass is 9.96. The molecule has 166 valence electrons. The van der Waals surface area contributed by atoms with Crippen LogP contribution in [0.3, 0.4) is 0 Å². The number of fused-ring (bicyclic) bond motifs is 1. The summed E-state index contributed by atoms with van der Waals surface area (Å²) in [4.78, 5) is 27.0. The molecule has 0 radical (unpaired) electrons. The zero-order chi connectivity index (χ0) is 22.6. The number of hydrogen-bond donors (Lipinski definition) is 1. The molecule has 7 nitrogen and oxygen atoms in total. The third-order valence-electron chi connectivity index (χ3n) is 6.21. The van der Waals surface area contributed by atoms with Crippen LogP contribution in [0.2, 0.25) is 0 Å². The predicted octanol–water partition coefficient (Wildman–Crippen LogP) is 3.53. The monoisotopic (exact) mass is 439 g/mol. The quantitative estimate of drug-likeness (QED) is 0.516. The molecule has 3 heterocycles. The highest BCUT2D eigenvalue weighted by Gasteiger charge is 2.27. The number of benzene rings is 2. The van der Waals surface area contributed by atoms with Gasteiger partial charge in [-0.05, 0) is 48.2 Å². The van der Waals surface area contributed by atoms with Crippen LogP contribution in [0.15, 0.2) is 79.0 Å². The van der Waals surface area contributed by atoms with Crippen molar-refractivity contribution in [1.29, 1.82) is 0 Å². The fourth-order valence-corrected chi connectivity index (χ4v) is 4.34. The molecule has 0 spiro atoms. The van der Waals surface area contributed by atoms with Gasteiger partial charge in [-0.2, -0.15) is 0 Å². The third kappa shape index (κ3) is 4.48. The molecular formula is C26H25N5O2. The van der Waals surface area contributed by atoms with Gasteiger partial charge < -0.3 is 10.2 Å². The first-order chi connectivity index (χ1) is 16.2. The Labute approximate surface area is 192 Å². The number of carbonyl (C=O) groups is 2. The topological polar surface area (TPSA) is 79.6 Å². The average molecular weight is 440 g/mol. The van der Waals surface area contributed by atoms with E-state index in [0.717, 1.165) is 35.4 Å². The van der Waals surface area contributed by atoms with Gasteiger partial charge in [0, 0.05) is 30.8 Å². The number of carbonyl (C=O) groups excluding carboxylic acids is 2. The summed E-state index contributed by atoms with van der Waals surface area (Å²) in [5.41, 5.74) is 3.53. The summed E-state index contributed by atoms with van der Waals surface area (Å²) in [6.45, 7) is 1.29. The van der Waals surface area contributed by atoms with Crippen LogP contribution in [0.1, 0.15) is 34.9 Å². The number of aromatic nitrogens is 3. The molecule has 5 rings (SSSR count). The standard InChI is InChI=1S/C26H25N5O2/c32-24(18-27-26(33)22-11-9-20(10-12-22)19-6-2-1-3-7-19)30-16-13-21(14-17-30)25-29-28-23-8-4-5-15-31(23)25/h1-12,15,21H,13-14,16-18H2,(H,27,33). The molecule has 0 saturated carbocycles. The molecule has 0 bridgehead atoms. The maximum atomic E-state index is 12.7. The summed E-state index contributed by atoms with van der Waals surface area (Å²) in [6, 6.07) is 23.3. The van der Waals surface area contributed by atoms with Gasteiger partial charge in [0.25, 0.3) is 5.91 Å². The second kappa shape index (κ2) is 9.24. The van der Waals surface area contributed by atoms with E-state index < -0.39 is 0 Å². The number of rotatable bonds is 5. The van der Waals surface area contributed by atoms with E-state index in [1.165, 1.54) is 0 Å². The summed E-state index contributed by atoms with van der Waals surface area (Å²) in [6.07, 6.45) is 3.64. The van der Waals surface area contributed by atoms with E-state index in [9.17, 15) is 9.59 Å². The first-order valence-electron chi connectivity index (χ1n) is 11.2. The molecule has 0 unspecified atom stereocenters. The number of piperidine rings is 1. The largest absolute Gasteiger partial charge is 0.343 e. The Hall–Kier alpha value is -4.00. The van der Waals surface area contributed by atoms with Crippen LogP contribution >= 0.6 is 0 Å². The normalized spacial score (nSPS) is 14.4. The first-order valence-corrected chi connectivity index (χ1v) is 11.2. The van der Waals surface area contributed by atoms with E-state index in [0.29, 0.717) is 18.7 Å². The van der Waals surface area contributed by atoms with Gasteiger partial charge in [-0.25, -0.2) is 0 Å². The highest BCUT2D eigenvalue weighted by molar-refractivity contribution is 5.96. The fraction of sp³-hybridized carbons (Fsp3) is 0.231. The van der Waals surface area contributed by atoms with E-state index in [1.54, 1.807) is 12.1 Å². The molecule has 1 aliphatic rings. The summed E-state index contributed by atoms with van der Waals surface area (Å²) in [5.74, 6) is 0.913. The minimum atomic E-state index is -0.243. The highest BCUT2D eigenvalue weighted by Crippen LogP contribution is 2.27. The molecule has 0 aliphatic carbocycles. The van der Waals surface area contributed by atoms with Crippen molar-refractivity contribution in [1.82, 2.24) is 24.8 Å². The van der Waals surface area contributed by atoms with Crippen molar-refractivity contribution in [2.75, 3.05) is 19.6 Å². The van der Waals surface area contributed by atoms with Gasteiger partial charge in [-0.3, -0.25) is 14.0 Å². The van der Waals surface area contributed by atoms with E-state index in [2.05, 4.69) is 15.5 Å². The SMILES string of the molecule is O=C(NCC(=O)N1CCC(c2nnc3ccccn23)CC1)c1ccc(-c2ccccc2)cc1. The van der Waals surface area contributed by atoms with Crippen LogP contribution < -0.4 is 5.32 Å². The molecule has 33 heavy (non-hydrogen) atoms. The highest BCUT2D eigenvalue weighted by atomic mass is 16.2. The third-order valence-corrected chi connectivity index (χ3v) is 6.21. The molecule has 2 aromatic heterocycles. The summed E-state index contributed by atoms with van der Waals surface area (Å²) in [5, 5.41) is 11.4. The van der Waals surface area contributed by atoms with Gasteiger partial charge >= 0.3 is 0 Å². The Kier molecular flexibility index (Phi) is 5.85. The van der Waals surface area contributed by atoms with Gasteiger partial charge in [0.15, 0.2) is 5.65 Å². The van der Waals surface area contributed by atoms with Gasteiger partial charge in [-0.1, -0.05) is 48.5 Å². The van der Waals surface area contributed by atoms with E-state index >= 15 is 0 Å². The zero-order valence-electron chi connectivity index (χ0n) is 18.2. The number of amides is 2. The molecule has 1 N–H and O–H groups in total. The Morgan fingerprint density at radius 3 is 2.30 bits per heavy atom. The number of nitrogens with one attached hydrogen (secondary N) is 1. The molecule has 1 saturated heterocycles. The molecule has 7 heteroatoms. The molecule has 1 fully saturated rings. The zero-order valence-corrected chi connectivity index (χ0v) is 18.2. The Morgan fingerprint density at radius 1 is 0.848 bits per heavy atom. The van der Waals surface area contributed by atoms with Gasteiger partial charge in [0.05, 0.1) is 6.54 Å². The Balaban J connectivity index is 1.13. The van der Waals surface area contributed by atoms with Crippen molar-refractivity contribution >= 4 is 17.5 Å². The van der Waals surface area contributed by atoms with Crippen molar-refractivity contribution < 1.29 is 9.59 Å². The number of hydrogen-bond acceptors (Lipinski definition) is 4. The van der Waals surface area contributed by atoms with Crippen LogP contribution in [0.5, 0.6) is 0 Å². The lowest BCUT2D eigenvalue weighted by molar-refractivity contribution is -0.131. The maximum Gasteiger partial charge on any atom is 0.251 e. The van der Waals surface area contributed by atoms with Crippen LogP contribution in [-0.4, -0.2) is 50.9 Å². The van der Waals surface area contributed by atoms with Crippen molar-refractivity contribution in [3.63, 3.8) is 0 Å². The van der Waals surface area contributed by atoms with Gasteiger partial charge in [0.1, 0.15) is 5.82 Å². The van der Waals surface area contributed by atoms with Crippen LogP contribution in [0.25, 0.3) is 16.8 Å². The predicted molar refractivity (Wildman–Crippen MR) is 126 cm³/mol. The van der Waals surface area contributed by atoms with Crippen molar-refractivity contribution in [3.8, 4) is 11.1 Å². The van der Waals surface area contributed by atoms with Crippen molar-refractivity contribution in [3.05, 3.63) is 90.4 Å². The van der Waals surface area contributed by atoms with Crippen molar-refractivity contribution in [2.45, 2.75) is 18.8 Å². The lowest BCUT2D eigenvalue weighted by Gasteiger charge is -2.31. The van der Waals surface area contributed by atoms with Crippen molar-refractivity contribution in [2.24, 2.45) is 0 Å². The Morgan fingerprint density at radius 2 is 1.55 bits per heavy atom. The number of nitrogens with zero attached hydrogens (tertiary/aromatic N) is 4. The van der Waals surface area contributed by atoms with Gasteiger partial charge in [0.2, 0.25) is 5.91 Å². The molecule has 2 aromatic carbocycles. The fourth-order valence-electron chi connectivity index (χ4n) is 4.34. The minimum Gasteiger partial charge on any atom is -0.343 e. The molecule has 0 atom stereocenters. The molecular weight excluding hydrogens is 414 g/mol. The Bertz CT molecular complexity index is 1260. The van der Waals surface area contributed by atoms with Crippen LogP contribution in [-0.2, 0) is 4.79 Å². The second-order valence-electron chi connectivity index (χ2n) is 8.27. The van der Waals surface area contributed by atoms with E-state index in [1.807, 2.05) is 76.2 Å².